The number of hydrogen-bond donors (Lipinski definition) is 1. The highest BCUT2D eigenvalue weighted by atomic mass is 79.9. The molecule has 0 unspecified atom stereocenters. The van der Waals surface area contributed by atoms with E-state index in [4.69, 9.17) is 5.73 Å². The number of nitrogens with zero attached hydrogens (tertiary/aromatic N) is 2. The topological polar surface area (TPSA) is 43.8 Å². The molecule has 1 heterocycles. The SMILES string of the molecule is Cn1nc(Br)c2cc(C3(CN)CC3)ccc21. The van der Waals surface area contributed by atoms with Crippen LogP contribution in [0.2, 0.25) is 0 Å². The third-order valence-corrected chi connectivity index (χ3v) is 4.25. The van der Waals surface area contributed by atoms with Gasteiger partial charge in [-0.3, -0.25) is 4.68 Å². The van der Waals surface area contributed by atoms with Crippen LogP contribution in [0.1, 0.15) is 18.4 Å². The van der Waals surface area contributed by atoms with Crippen LogP contribution >= 0.6 is 15.9 Å². The van der Waals surface area contributed by atoms with E-state index in [0.717, 1.165) is 16.7 Å². The van der Waals surface area contributed by atoms with Crippen molar-refractivity contribution >= 4 is 26.8 Å². The lowest BCUT2D eigenvalue weighted by molar-refractivity contribution is 0.705. The molecule has 1 aromatic carbocycles. The highest BCUT2D eigenvalue weighted by Gasteiger charge is 2.42. The number of aryl methyl sites for hydroxylation is 1. The zero-order valence-corrected chi connectivity index (χ0v) is 10.8. The van der Waals surface area contributed by atoms with Gasteiger partial charge >= 0.3 is 0 Å². The standard InChI is InChI=1S/C12H14BrN3/c1-16-10-3-2-8(12(7-14)4-5-12)6-9(10)11(13)15-16/h2-3,6H,4-5,7,14H2,1H3. The number of benzene rings is 1. The Hall–Kier alpha value is -0.870. The number of rotatable bonds is 2. The summed E-state index contributed by atoms with van der Waals surface area (Å²) in [7, 11) is 1.96. The highest BCUT2D eigenvalue weighted by molar-refractivity contribution is 9.10. The van der Waals surface area contributed by atoms with Crippen LogP contribution in [0.15, 0.2) is 22.8 Å². The predicted octanol–water partition coefficient (Wildman–Crippen LogP) is 2.33. The van der Waals surface area contributed by atoms with E-state index in [1.54, 1.807) is 0 Å². The van der Waals surface area contributed by atoms with E-state index in [-0.39, 0.29) is 5.41 Å². The van der Waals surface area contributed by atoms with Gasteiger partial charge < -0.3 is 5.73 Å². The van der Waals surface area contributed by atoms with E-state index in [1.165, 1.54) is 23.8 Å². The maximum Gasteiger partial charge on any atom is 0.135 e. The van der Waals surface area contributed by atoms with Crippen molar-refractivity contribution in [1.82, 2.24) is 9.78 Å². The maximum absolute atomic E-state index is 5.86. The van der Waals surface area contributed by atoms with Gasteiger partial charge in [0.05, 0.1) is 5.52 Å². The van der Waals surface area contributed by atoms with E-state index < -0.39 is 0 Å². The van der Waals surface area contributed by atoms with Gasteiger partial charge in [0.25, 0.3) is 0 Å². The number of halogens is 1. The van der Waals surface area contributed by atoms with Gasteiger partial charge in [0, 0.05) is 24.4 Å². The Morgan fingerprint density at radius 3 is 2.88 bits per heavy atom. The van der Waals surface area contributed by atoms with Gasteiger partial charge in [0.15, 0.2) is 0 Å². The van der Waals surface area contributed by atoms with Crippen molar-refractivity contribution in [3.05, 3.63) is 28.4 Å². The summed E-state index contributed by atoms with van der Waals surface area (Å²) in [6.45, 7) is 0.746. The molecule has 1 aliphatic rings. The summed E-state index contributed by atoms with van der Waals surface area (Å²) in [4.78, 5) is 0. The molecule has 0 radical (unpaired) electrons. The normalized spacial score (nSPS) is 17.9. The van der Waals surface area contributed by atoms with E-state index in [1.807, 2.05) is 11.7 Å². The predicted molar refractivity (Wildman–Crippen MR) is 68.4 cm³/mol. The summed E-state index contributed by atoms with van der Waals surface area (Å²) >= 11 is 3.50. The third-order valence-electron chi connectivity index (χ3n) is 3.66. The van der Waals surface area contributed by atoms with Gasteiger partial charge in [-0.1, -0.05) is 6.07 Å². The molecule has 4 heteroatoms. The Kier molecular flexibility index (Phi) is 2.13. The number of aromatic nitrogens is 2. The molecule has 84 valence electrons. The van der Waals surface area contributed by atoms with Crippen LogP contribution in [-0.2, 0) is 12.5 Å². The van der Waals surface area contributed by atoms with Crippen molar-refractivity contribution in [3.63, 3.8) is 0 Å². The molecular formula is C12H14BrN3. The van der Waals surface area contributed by atoms with Crippen molar-refractivity contribution in [1.29, 1.82) is 0 Å². The zero-order valence-electron chi connectivity index (χ0n) is 9.20. The van der Waals surface area contributed by atoms with E-state index in [9.17, 15) is 0 Å². The van der Waals surface area contributed by atoms with Crippen LogP contribution < -0.4 is 5.73 Å². The van der Waals surface area contributed by atoms with Crippen molar-refractivity contribution in [2.45, 2.75) is 18.3 Å². The fraction of sp³-hybridized carbons (Fsp3) is 0.417. The van der Waals surface area contributed by atoms with Crippen LogP contribution in [0.3, 0.4) is 0 Å². The van der Waals surface area contributed by atoms with Gasteiger partial charge in [-0.2, -0.15) is 5.10 Å². The summed E-state index contributed by atoms with van der Waals surface area (Å²) in [6.07, 6.45) is 2.43. The molecule has 0 spiro atoms. The Labute approximate surface area is 103 Å². The molecule has 1 fully saturated rings. The third kappa shape index (κ3) is 1.33. The second kappa shape index (κ2) is 3.31. The lowest BCUT2D eigenvalue weighted by Crippen LogP contribution is -2.19. The largest absolute Gasteiger partial charge is 0.330 e. The fourth-order valence-electron chi connectivity index (χ4n) is 2.31. The Morgan fingerprint density at radius 2 is 2.25 bits per heavy atom. The van der Waals surface area contributed by atoms with Gasteiger partial charge in [0.1, 0.15) is 4.60 Å². The van der Waals surface area contributed by atoms with Crippen LogP contribution in [0, 0.1) is 0 Å². The molecule has 1 saturated carbocycles. The molecule has 0 aliphatic heterocycles. The van der Waals surface area contributed by atoms with E-state index >= 15 is 0 Å². The molecular weight excluding hydrogens is 266 g/mol. The lowest BCUT2D eigenvalue weighted by atomic mass is 9.95. The Balaban J connectivity index is 2.19. The summed E-state index contributed by atoms with van der Waals surface area (Å²) in [5.74, 6) is 0. The van der Waals surface area contributed by atoms with Crippen molar-refractivity contribution in [2.24, 2.45) is 12.8 Å². The van der Waals surface area contributed by atoms with Crippen LogP contribution in [0.4, 0.5) is 0 Å². The smallest absolute Gasteiger partial charge is 0.135 e. The molecule has 3 rings (SSSR count). The summed E-state index contributed by atoms with van der Waals surface area (Å²) < 4.78 is 2.81. The minimum absolute atomic E-state index is 0.253. The number of nitrogens with two attached hydrogens (primary N) is 1. The summed E-state index contributed by atoms with van der Waals surface area (Å²) in [6, 6.07) is 6.56. The average molecular weight is 280 g/mol. The first-order chi connectivity index (χ1) is 7.66. The van der Waals surface area contributed by atoms with Gasteiger partial charge in [-0.05, 0) is 46.5 Å². The molecule has 1 aromatic heterocycles. The van der Waals surface area contributed by atoms with Gasteiger partial charge in [0.2, 0.25) is 0 Å². The summed E-state index contributed by atoms with van der Waals surface area (Å²) in [5, 5.41) is 5.54. The van der Waals surface area contributed by atoms with Crippen LogP contribution in [-0.4, -0.2) is 16.3 Å². The van der Waals surface area contributed by atoms with Gasteiger partial charge in [-0.25, -0.2) is 0 Å². The van der Waals surface area contributed by atoms with Crippen LogP contribution in [0.5, 0.6) is 0 Å². The first kappa shape index (κ1) is 10.3. The molecule has 0 amide bonds. The average Bonchev–Trinajstić information content (AvgIpc) is 3.04. The monoisotopic (exact) mass is 279 g/mol. The Morgan fingerprint density at radius 1 is 1.50 bits per heavy atom. The van der Waals surface area contributed by atoms with Crippen molar-refractivity contribution in [2.75, 3.05) is 6.54 Å². The molecule has 1 aliphatic carbocycles. The lowest BCUT2D eigenvalue weighted by Gasteiger charge is -2.12. The number of fused-ring (bicyclic) bond motifs is 1. The first-order valence-corrected chi connectivity index (χ1v) is 6.28. The summed E-state index contributed by atoms with van der Waals surface area (Å²) in [5.41, 5.74) is 8.62. The van der Waals surface area contributed by atoms with Crippen molar-refractivity contribution in [3.8, 4) is 0 Å². The zero-order chi connectivity index (χ0) is 11.3. The first-order valence-electron chi connectivity index (χ1n) is 5.49. The Bertz CT molecular complexity index is 555. The fourth-order valence-corrected chi connectivity index (χ4v) is 2.87. The highest BCUT2D eigenvalue weighted by Crippen LogP contribution is 2.48. The molecule has 3 nitrogen and oxygen atoms in total. The second-order valence-electron chi connectivity index (χ2n) is 4.63. The van der Waals surface area contributed by atoms with Gasteiger partial charge in [-0.15, -0.1) is 0 Å². The second-order valence-corrected chi connectivity index (χ2v) is 5.38. The number of hydrogen-bond acceptors (Lipinski definition) is 2. The minimum Gasteiger partial charge on any atom is -0.330 e. The molecule has 2 aromatic rings. The minimum atomic E-state index is 0.253. The van der Waals surface area contributed by atoms with Crippen molar-refractivity contribution < 1.29 is 0 Å². The quantitative estimate of drug-likeness (QED) is 0.917. The molecule has 2 N–H and O–H groups in total. The van der Waals surface area contributed by atoms with E-state index in [0.29, 0.717) is 0 Å². The molecule has 0 atom stereocenters. The van der Waals surface area contributed by atoms with Crippen LogP contribution in [0.25, 0.3) is 10.9 Å². The molecule has 16 heavy (non-hydrogen) atoms. The molecule has 0 bridgehead atoms. The molecule has 0 saturated heterocycles. The van der Waals surface area contributed by atoms with E-state index in [2.05, 4.69) is 39.2 Å². The maximum atomic E-state index is 5.86.